The van der Waals surface area contributed by atoms with E-state index in [4.69, 9.17) is 10.1 Å². The van der Waals surface area contributed by atoms with Crippen molar-refractivity contribution in [2.45, 2.75) is 50.9 Å². The molecule has 210 valence electrons. The summed E-state index contributed by atoms with van der Waals surface area (Å²) in [5.41, 5.74) is 0.0351. The fourth-order valence-electron chi connectivity index (χ4n) is 5.12. The number of halogens is 3. The number of nitrogens with zero attached hydrogens (tertiary/aromatic N) is 7. The first-order valence-corrected chi connectivity index (χ1v) is 13.8. The van der Waals surface area contributed by atoms with Crippen LogP contribution in [0.1, 0.15) is 38.1 Å². The van der Waals surface area contributed by atoms with E-state index < -0.39 is 23.7 Å². The Morgan fingerprint density at radius 1 is 1.21 bits per heavy atom. The lowest BCUT2D eigenvalue weighted by molar-refractivity contribution is -0.169. The normalized spacial score (nSPS) is 20.8. The topological polar surface area (TPSA) is 123 Å². The summed E-state index contributed by atoms with van der Waals surface area (Å²) in [5.74, 6) is 3.17. The molecule has 0 bridgehead atoms. The summed E-state index contributed by atoms with van der Waals surface area (Å²) in [6, 6.07) is -2.34. The van der Waals surface area contributed by atoms with Gasteiger partial charge in [-0.15, -0.1) is 0 Å². The predicted molar refractivity (Wildman–Crippen MR) is 142 cm³/mol. The second-order valence-electron chi connectivity index (χ2n) is 10.0. The molecule has 0 unspecified atom stereocenters. The van der Waals surface area contributed by atoms with Crippen LogP contribution in [-0.2, 0) is 21.6 Å². The van der Waals surface area contributed by atoms with Crippen molar-refractivity contribution < 1.29 is 22.7 Å². The number of anilines is 4. The van der Waals surface area contributed by atoms with Crippen LogP contribution >= 0.6 is 11.8 Å². The molecule has 2 N–H and O–H groups in total. The number of hydrogen-bond acceptors (Lipinski definition) is 10. The van der Waals surface area contributed by atoms with Crippen LogP contribution in [0.4, 0.5) is 36.4 Å². The van der Waals surface area contributed by atoms with Gasteiger partial charge < -0.3 is 19.9 Å². The van der Waals surface area contributed by atoms with Gasteiger partial charge in [-0.3, -0.25) is 15.1 Å². The number of carbonyl (C=O) groups is 1. The van der Waals surface area contributed by atoms with Crippen molar-refractivity contribution in [2.24, 2.45) is 0 Å². The standard InChI is InChI=1S/C24H30F3N9O2S/c1-23(2)17-18(29-3)32-16(13-38-21(28)35-6-4-5-15(35)24(25,26)27)33-19(17)36(20(23)37)14-11-30-22(31-12-14)34-7-9-39-10-8-34/h11-12,15,28H,4-10,13H2,1-3H3,(H,29,32,33)/t15-/m1/s1. The van der Waals surface area contributed by atoms with Gasteiger partial charge in [0.25, 0.3) is 6.02 Å². The number of alkyl halides is 3. The van der Waals surface area contributed by atoms with Crippen molar-refractivity contribution in [3.8, 4) is 0 Å². The van der Waals surface area contributed by atoms with Gasteiger partial charge in [-0.2, -0.15) is 24.9 Å². The molecule has 2 aromatic rings. The summed E-state index contributed by atoms with van der Waals surface area (Å²) in [5, 5.41) is 11.1. The van der Waals surface area contributed by atoms with Gasteiger partial charge in [0.1, 0.15) is 17.7 Å². The lowest BCUT2D eigenvalue weighted by Gasteiger charge is -2.27. The molecule has 2 saturated heterocycles. The minimum atomic E-state index is -4.45. The number of carbonyl (C=O) groups excluding carboxylic acids is 1. The number of fused-ring (bicyclic) bond motifs is 1. The average molecular weight is 566 g/mol. The molecular formula is C24H30F3N9O2S. The monoisotopic (exact) mass is 565 g/mol. The molecule has 3 aliphatic rings. The van der Waals surface area contributed by atoms with Crippen LogP contribution in [0.15, 0.2) is 12.4 Å². The first-order valence-electron chi connectivity index (χ1n) is 12.7. The Kier molecular flexibility index (Phi) is 7.20. The van der Waals surface area contributed by atoms with E-state index in [1.807, 2.05) is 11.8 Å². The zero-order chi connectivity index (χ0) is 27.9. The van der Waals surface area contributed by atoms with Crippen molar-refractivity contribution in [2.75, 3.05) is 53.3 Å². The number of thioether (sulfide) groups is 1. The molecule has 0 radical (unpaired) electrons. The first-order chi connectivity index (χ1) is 18.5. The lowest BCUT2D eigenvalue weighted by atomic mass is 9.87. The highest BCUT2D eigenvalue weighted by molar-refractivity contribution is 7.99. The van der Waals surface area contributed by atoms with Crippen molar-refractivity contribution >= 4 is 47.0 Å². The maximum Gasteiger partial charge on any atom is 0.408 e. The fourth-order valence-corrected chi connectivity index (χ4v) is 6.02. The van der Waals surface area contributed by atoms with Crippen LogP contribution in [0.3, 0.4) is 0 Å². The molecule has 0 saturated carbocycles. The number of hydrogen-bond donors (Lipinski definition) is 2. The summed E-state index contributed by atoms with van der Waals surface area (Å²) < 4.78 is 45.5. The van der Waals surface area contributed by atoms with Crippen LogP contribution < -0.4 is 15.1 Å². The molecule has 2 aromatic heterocycles. The molecule has 1 amide bonds. The number of amidine groups is 1. The number of likely N-dealkylation sites (tertiary alicyclic amines) is 1. The van der Waals surface area contributed by atoms with Crippen molar-refractivity contribution in [3.63, 3.8) is 0 Å². The number of aromatic nitrogens is 4. The molecule has 15 heteroatoms. The van der Waals surface area contributed by atoms with Gasteiger partial charge in [0, 0.05) is 38.2 Å². The molecule has 0 aromatic carbocycles. The van der Waals surface area contributed by atoms with E-state index in [1.165, 1.54) is 4.90 Å². The highest BCUT2D eigenvalue weighted by Gasteiger charge is 2.49. The van der Waals surface area contributed by atoms with E-state index in [9.17, 15) is 18.0 Å². The molecule has 11 nitrogen and oxygen atoms in total. The molecule has 5 rings (SSSR count). The summed E-state index contributed by atoms with van der Waals surface area (Å²) in [6.45, 7) is 4.98. The van der Waals surface area contributed by atoms with Gasteiger partial charge >= 0.3 is 6.18 Å². The van der Waals surface area contributed by atoms with Crippen LogP contribution in [0, 0.1) is 5.41 Å². The maximum atomic E-state index is 13.6. The van der Waals surface area contributed by atoms with E-state index in [1.54, 1.807) is 33.3 Å². The highest BCUT2D eigenvalue weighted by atomic mass is 32.2. The van der Waals surface area contributed by atoms with Crippen LogP contribution in [-0.4, -0.2) is 87.2 Å². The van der Waals surface area contributed by atoms with Gasteiger partial charge in [-0.25, -0.2) is 19.9 Å². The third-order valence-electron chi connectivity index (χ3n) is 7.15. The van der Waals surface area contributed by atoms with Gasteiger partial charge in [0.2, 0.25) is 11.9 Å². The van der Waals surface area contributed by atoms with Gasteiger partial charge in [-0.05, 0) is 26.7 Å². The van der Waals surface area contributed by atoms with Gasteiger partial charge in [0.05, 0.1) is 29.1 Å². The Bertz CT molecular complexity index is 1250. The van der Waals surface area contributed by atoms with Crippen molar-refractivity contribution in [1.29, 1.82) is 5.41 Å². The number of amides is 1. The van der Waals surface area contributed by atoms with Crippen LogP contribution in [0.2, 0.25) is 0 Å². The zero-order valence-electron chi connectivity index (χ0n) is 21.9. The number of nitrogens with one attached hydrogen (secondary N) is 2. The molecule has 1 atom stereocenters. The highest BCUT2D eigenvalue weighted by Crippen LogP contribution is 2.47. The average Bonchev–Trinajstić information content (AvgIpc) is 3.50. The lowest BCUT2D eigenvalue weighted by Crippen LogP contribution is -2.45. The largest absolute Gasteiger partial charge is 0.457 e. The first kappa shape index (κ1) is 27.2. The second-order valence-corrected chi connectivity index (χ2v) is 11.3. The molecular weight excluding hydrogens is 535 g/mol. The van der Waals surface area contributed by atoms with Gasteiger partial charge in [-0.1, -0.05) is 0 Å². The Morgan fingerprint density at radius 3 is 2.54 bits per heavy atom. The molecule has 5 heterocycles. The molecule has 2 fully saturated rings. The van der Waals surface area contributed by atoms with Crippen molar-refractivity contribution in [3.05, 3.63) is 23.8 Å². The fraction of sp³-hybridized carbons (Fsp3) is 0.583. The maximum absolute atomic E-state index is 13.6. The Balaban J connectivity index is 1.42. The Hall–Kier alpha value is -3.36. The van der Waals surface area contributed by atoms with Gasteiger partial charge in [0.15, 0.2) is 12.4 Å². The zero-order valence-corrected chi connectivity index (χ0v) is 22.7. The summed E-state index contributed by atoms with van der Waals surface area (Å²) in [4.78, 5) is 36.1. The van der Waals surface area contributed by atoms with E-state index in [0.717, 1.165) is 29.5 Å². The van der Waals surface area contributed by atoms with E-state index in [2.05, 4.69) is 30.2 Å². The van der Waals surface area contributed by atoms with E-state index >= 15 is 0 Å². The Morgan fingerprint density at radius 2 is 1.90 bits per heavy atom. The quantitative estimate of drug-likeness (QED) is 0.412. The van der Waals surface area contributed by atoms with E-state index in [-0.39, 0.29) is 31.3 Å². The van der Waals surface area contributed by atoms with E-state index in [0.29, 0.717) is 35.3 Å². The van der Waals surface area contributed by atoms with Crippen LogP contribution in [0.5, 0.6) is 0 Å². The van der Waals surface area contributed by atoms with Crippen LogP contribution in [0.25, 0.3) is 0 Å². The predicted octanol–water partition coefficient (Wildman–Crippen LogP) is 3.30. The molecule has 39 heavy (non-hydrogen) atoms. The summed E-state index contributed by atoms with van der Waals surface area (Å²) >= 11 is 1.88. The Labute approximate surface area is 228 Å². The minimum absolute atomic E-state index is 0.0819. The second kappa shape index (κ2) is 10.3. The SMILES string of the molecule is CNc1nc(COC(=N)N2CCC[C@@H]2C(F)(F)F)nc2c1C(C)(C)C(=O)N2c1cnc(N2CCSCC2)nc1. The summed E-state index contributed by atoms with van der Waals surface area (Å²) in [7, 11) is 1.66. The molecule has 3 aliphatic heterocycles. The number of ether oxygens (including phenoxy) is 1. The molecule has 0 aliphatic carbocycles. The summed E-state index contributed by atoms with van der Waals surface area (Å²) in [6.07, 6.45) is -1.04. The minimum Gasteiger partial charge on any atom is -0.457 e. The molecule has 0 spiro atoms. The smallest absolute Gasteiger partial charge is 0.408 e. The third kappa shape index (κ3) is 5.03. The third-order valence-corrected chi connectivity index (χ3v) is 8.10. The number of rotatable bonds is 5. The van der Waals surface area contributed by atoms with Crippen molar-refractivity contribution in [1.82, 2.24) is 24.8 Å².